The third-order valence-electron chi connectivity index (χ3n) is 1.59. The van der Waals surface area contributed by atoms with E-state index < -0.39 is 5.97 Å². The van der Waals surface area contributed by atoms with Crippen molar-refractivity contribution >= 4 is 12.3 Å². The number of carboxylic acids is 1. The zero-order valence-electron chi connectivity index (χ0n) is 9.12. The van der Waals surface area contributed by atoms with Crippen molar-refractivity contribution in [2.75, 3.05) is 19.6 Å². The van der Waals surface area contributed by atoms with Gasteiger partial charge in [0.2, 0.25) is 0 Å². The van der Waals surface area contributed by atoms with Crippen LogP contribution in [0.1, 0.15) is 20.8 Å². The summed E-state index contributed by atoms with van der Waals surface area (Å²) < 4.78 is 0. The SMILES string of the molecule is C=C(C)C(=O)O.CCN(CC)CC=O. The second-order valence-electron chi connectivity index (χ2n) is 2.74. The third-order valence-corrected chi connectivity index (χ3v) is 1.59. The highest BCUT2D eigenvalue weighted by atomic mass is 16.4. The molecule has 82 valence electrons. The van der Waals surface area contributed by atoms with Crippen LogP contribution in [-0.2, 0) is 9.59 Å². The van der Waals surface area contributed by atoms with Gasteiger partial charge in [0.15, 0.2) is 0 Å². The molecule has 0 spiro atoms. The fourth-order valence-electron chi connectivity index (χ4n) is 0.587. The molecular weight excluding hydrogens is 182 g/mol. The fraction of sp³-hybridized carbons (Fsp3) is 0.600. The van der Waals surface area contributed by atoms with Gasteiger partial charge in [-0.15, -0.1) is 0 Å². The van der Waals surface area contributed by atoms with Gasteiger partial charge in [-0.3, -0.25) is 4.90 Å². The van der Waals surface area contributed by atoms with E-state index in [1.165, 1.54) is 6.92 Å². The lowest BCUT2D eigenvalue weighted by Gasteiger charge is -2.12. The van der Waals surface area contributed by atoms with E-state index in [0.29, 0.717) is 6.54 Å². The average molecular weight is 201 g/mol. The van der Waals surface area contributed by atoms with Crippen LogP contribution in [0.5, 0.6) is 0 Å². The minimum Gasteiger partial charge on any atom is -0.478 e. The van der Waals surface area contributed by atoms with Gasteiger partial charge in [-0.1, -0.05) is 20.4 Å². The first-order valence-electron chi connectivity index (χ1n) is 4.54. The molecule has 0 aromatic rings. The van der Waals surface area contributed by atoms with Gasteiger partial charge < -0.3 is 9.90 Å². The number of aliphatic carboxylic acids is 1. The Morgan fingerprint density at radius 1 is 1.43 bits per heavy atom. The number of nitrogens with zero attached hydrogens (tertiary/aromatic N) is 1. The Kier molecular flexibility index (Phi) is 10.9. The Balaban J connectivity index is 0. The Hall–Kier alpha value is -1.16. The molecule has 0 aromatic heterocycles. The molecule has 0 saturated heterocycles. The zero-order valence-corrected chi connectivity index (χ0v) is 9.12. The number of carbonyl (C=O) groups is 2. The Morgan fingerprint density at radius 2 is 1.79 bits per heavy atom. The van der Waals surface area contributed by atoms with Crippen molar-refractivity contribution in [1.82, 2.24) is 4.90 Å². The number of hydrogen-bond donors (Lipinski definition) is 1. The molecular formula is C10H19NO3. The summed E-state index contributed by atoms with van der Waals surface area (Å²) in [5.74, 6) is -0.935. The number of carboxylic acid groups (broad SMARTS) is 1. The summed E-state index contributed by atoms with van der Waals surface area (Å²) in [7, 11) is 0. The van der Waals surface area contributed by atoms with Crippen molar-refractivity contribution in [3.63, 3.8) is 0 Å². The molecule has 0 amide bonds. The molecule has 0 saturated carbocycles. The van der Waals surface area contributed by atoms with E-state index in [9.17, 15) is 9.59 Å². The minimum atomic E-state index is -0.935. The maximum absolute atomic E-state index is 9.89. The van der Waals surface area contributed by atoms with Crippen molar-refractivity contribution in [3.05, 3.63) is 12.2 Å². The molecule has 0 heterocycles. The minimum absolute atomic E-state index is 0.176. The van der Waals surface area contributed by atoms with E-state index in [2.05, 4.69) is 11.5 Å². The van der Waals surface area contributed by atoms with E-state index in [-0.39, 0.29) is 5.57 Å². The topological polar surface area (TPSA) is 57.6 Å². The van der Waals surface area contributed by atoms with E-state index in [4.69, 9.17) is 5.11 Å². The molecule has 0 atom stereocenters. The van der Waals surface area contributed by atoms with Crippen LogP contribution >= 0.6 is 0 Å². The molecule has 0 aliphatic heterocycles. The Bertz CT molecular complexity index is 174. The molecule has 0 radical (unpaired) electrons. The first kappa shape index (κ1) is 15.3. The molecule has 4 heteroatoms. The van der Waals surface area contributed by atoms with Crippen LogP contribution in [0.3, 0.4) is 0 Å². The van der Waals surface area contributed by atoms with E-state index >= 15 is 0 Å². The van der Waals surface area contributed by atoms with Crippen molar-refractivity contribution in [1.29, 1.82) is 0 Å². The molecule has 0 aliphatic carbocycles. The standard InChI is InChI=1S/C6H13NO.C4H6O2/c1-3-7(4-2)5-6-8;1-3(2)4(5)6/h6H,3-5H2,1-2H3;1H2,2H3,(H,5,6). The van der Waals surface area contributed by atoms with Crippen molar-refractivity contribution in [2.45, 2.75) is 20.8 Å². The monoisotopic (exact) mass is 201 g/mol. The molecule has 0 bridgehead atoms. The van der Waals surface area contributed by atoms with E-state index in [0.717, 1.165) is 19.4 Å². The highest BCUT2D eigenvalue weighted by Gasteiger charge is 1.93. The highest BCUT2D eigenvalue weighted by molar-refractivity contribution is 5.84. The molecule has 0 aromatic carbocycles. The summed E-state index contributed by atoms with van der Waals surface area (Å²) in [6.07, 6.45) is 0.938. The zero-order chi connectivity index (χ0) is 11.6. The summed E-state index contributed by atoms with van der Waals surface area (Å²) in [5, 5.41) is 7.89. The van der Waals surface area contributed by atoms with Crippen LogP contribution in [0.4, 0.5) is 0 Å². The first-order chi connectivity index (χ1) is 6.49. The summed E-state index contributed by atoms with van der Waals surface area (Å²) >= 11 is 0. The maximum Gasteiger partial charge on any atom is 0.330 e. The number of hydrogen-bond acceptors (Lipinski definition) is 3. The van der Waals surface area contributed by atoms with Crippen LogP contribution in [0.15, 0.2) is 12.2 Å². The van der Waals surface area contributed by atoms with Gasteiger partial charge in [-0.2, -0.15) is 0 Å². The molecule has 0 rings (SSSR count). The Morgan fingerprint density at radius 3 is 1.86 bits per heavy atom. The van der Waals surface area contributed by atoms with Crippen molar-refractivity contribution < 1.29 is 14.7 Å². The summed E-state index contributed by atoms with van der Waals surface area (Å²) in [6, 6.07) is 0. The van der Waals surface area contributed by atoms with E-state index in [1.807, 2.05) is 13.8 Å². The predicted molar refractivity (Wildman–Crippen MR) is 56.3 cm³/mol. The number of rotatable bonds is 5. The fourth-order valence-corrected chi connectivity index (χ4v) is 0.587. The second kappa shape index (κ2) is 9.92. The van der Waals surface area contributed by atoms with Crippen LogP contribution < -0.4 is 0 Å². The van der Waals surface area contributed by atoms with Gasteiger partial charge >= 0.3 is 5.97 Å². The number of aldehydes is 1. The number of likely N-dealkylation sites (N-methyl/N-ethyl adjacent to an activating group) is 1. The normalized spacial score (nSPS) is 8.86. The van der Waals surface area contributed by atoms with Gasteiger partial charge in [-0.05, 0) is 20.0 Å². The molecule has 4 nitrogen and oxygen atoms in total. The lowest BCUT2D eigenvalue weighted by molar-refractivity contribution is -0.132. The molecule has 14 heavy (non-hydrogen) atoms. The van der Waals surface area contributed by atoms with Gasteiger partial charge in [0.25, 0.3) is 0 Å². The molecule has 1 N–H and O–H groups in total. The van der Waals surface area contributed by atoms with Crippen LogP contribution in [0.2, 0.25) is 0 Å². The first-order valence-corrected chi connectivity index (χ1v) is 4.54. The smallest absolute Gasteiger partial charge is 0.330 e. The van der Waals surface area contributed by atoms with E-state index in [1.54, 1.807) is 0 Å². The summed E-state index contributed by atoms with van der Waals surface area (Å²) in [5.41, 5.74) is 0.176. The lowest BCUT2D eigenvalue weighted by atomic mass is 10.4. The quantitative estimate of drug-likeness (QED) is 0.536. The predicted octanol–water partition coefficient (Wildman–Crippen LogP) is 1.17. The van der Waals surface area contributed by atoms with Gasteiger partial charge in [-0.25, -0.2) is 4.79 Å². The molecule has 0 unspecified atom stereocenters. The van der Waals surface area contributed by atoms with Gasteiger partial charge in [0, 0.05) is 5.57 Å². The maximum atomic E-state index is 9.89. The number of carbonyl (C=O) groups excluding carboxylic acids is 1. The molecule has 0 fully saturated rings. The largest absolute Gasteiger partial charge is 0.478 e. The lowest BCUT2D eigenvalue weighted by Crippen LogP contribution is -2.24. The second-order valence-corrected chi connectivity index (χ2v) is 2.74. The summed E-state index contributed by atoms with van der Waals surface area (Å²) in [4.78, 5) is 21.6. The van der Waals surface area contributed by atoms with Gasteiger partial charge in [0.1, 0.15) is 6.29 Å². The Labute approximate surface area is 85.2 Å². The molecule has 0 aliphatic rings. The van der Waals surface area contributed by atoms with Crippen molar-refractivity contribution in [3.8, 4) is 0 Å². The van der Waals surface area contributed by atoms with Gasteiger partial charge in [0.05, 0.1) is 6.54 Å². The van der Waals surface area contributed by atoms with Crippen LogP contribution in [0, 0.1) is 0 Å². The highest BCUT2D eigenvalue weighted by Crippen LogP contribution is 1.81. The average Bonchev–Trinajstić information content (AvgIpc) is 2.15. The summed E-state index contributed by atoms with van der Waals surface area (Å²) in [6.45, 7) is 11.2. The van der Waals surface area contributed by atoms with Crippen molar-refractivity contribution in [2.24, 2.45) is 0 Å². The van der Waals surface area contributed by atoms with Crippen LogP contribution in [0.25, 0.3) is 0 Å². The van der Waals surface area contributed by atoms with Crippen LogP contribution in [-0.4, -0.2) is 41.9 Å². The third kappa shape index (κ3) is 10.8.